The molecule has 216 valence electrons. The molecule has 4 aromatic rings. The fourth-order valence-electron chi connectivity index (χ4n) is 5.49. The van der Waals surface area contributed by atoms with Crippen LogP contribution in [-0.4, -0.2) is 34.2 Å². The molecule has 0 aliphatic heterocycles. The summed E-state index contributed by atoms with van der Waals surface area (Å²) in [5.41, 5.74) is 18.4. The molecule has 0 N–H and O–H groups in total. The molecule has 0 radical (unpaired) electrons. The number of rotatable bonds is 8. The number of ether oxygens (including phenoxy) is 2. The van der Waals surface area contributed by atoms with Crippen LogP contribution in [0.3, 0.4) is 0 Å². The third-order valence-corrected chi connectivity index (χ3v) is 8.54. The molecule has 42 heavy (non-hydrogen) atoms. The van der Waals surface area contributed by atoms with Gasteiger partial charge in [0.05, 0.1) is 36.1 Å². The Morgan fingerprint density at radius 3 is 1.38 bits per heavy atom. The average Bonchev–Trinajstić information content (AvgIpc) is 3.89. The van der Waals surface area contributed by atoms with Crippen LogP contribution < -0.4 is 9.47 Å². The third-order valence-electron chi connectivity index (χ3n) is 8.13. The van der Waals surface area contributed by atoms with Crippen molar-refractivity contribution in [3.63, 3.8) is 0 Å². The van der Waals surface area contributed by atoms with E-state index in [4.69, 9.17) is 43.7 Å². The molecule has 2 fully saturated rings. The normalized spacial score (nSPS) is 17.1. The first kappa shape index (κ1) is 29.4. The molecule has 2 atom stereocenters. The van der Waals surface area contributed by atoms with Gasteiger partial charge in [-0.05, 0) is 96.5 Å². The highest BCUT2D eigenvalue weighted by Gasteiger charge is 2.44. The Labute approximate surface area is 251 Å². The van der Waals surface area contributed by atoms with Gasteiger partial charge in [0, 0.05) is 34.6 Å². The molecule has 2 aliphatic carbocycles. The summed E-state index contributed by atoms with van der Waals surface area (Å²) in [6, 6.07) is 3.54. The Morgan fingerprint density at radius 2 is 1.07 bits per heavy atom. The van der Waals surface area contributed by atoms with Crippen LogP contribution in [0.2, 0.25) is 10.3 Å². The van der Waals surface area contributed by atoms with E-state index in [0.29, 0.717) is 33.9 Å². The zero-order valence-corrected chi connectivity index (χ0v) is 25.0. The van der Waals surface area contributed by atoms with Crippen LogP contribution in [0.1, 0.15) is 50.7 Å². The Kier molecular flexibility index (Phi) is 8.17. The minimum absolute atomic E-state index is 0.332. The van der Waals surface area contributed by atoms with Crippen molar-refractivity contribution < 1.29 is 9.47 Å². The van der Waals surface area contributed by atoms with Gasteiger partial charge in [-0.25, -0.2) is 19.9 Å². The monoisotopic (exact) mass is 606 g/mol. The van der Waals surface area contributed by atoms with Crippen molar-refractivity contribution in [1.82, 2.24) is 19.9 Å². The molecule has 4 aromatic heterocycles. The zero-order valence-electron chi connectivity index (χ0n) is 23.5. The third kappa shape index (κ3) is 5.42. The van der Waals surface area contributed by atoms with Gasteiger partial charge < -0.3 is 9.47 Å². The summed E-state index contributed by atoms with van der Waals surface area (Å²) in [6.45, 7) is 3.89. The van der Waals surface area contributed by atoms with Gasteiger partial charge in [0.2, 0.25) is 11.8 Å². The molecule has 6 rings (SSSR count). The standard InChI is InChI=1S/2C14H14ClN5O/c2*1-14(19-20-16,8-3-4-8)11-7-18-13(21-2)10-6-17-12(15)5-9(10)11/h2*5-8H,3-4H2,1-2H3/t2*14-/m10/s1. The van der Waals surface area contributed by atoms with Crippen LogP contribution in [0.15, 0.2) is 47.1 Å². The molecular weight excluding hydrogens is 579 g/mol. The van der Waals surface area contributed by atoms with Gasteiger partial charge in [0.25, 0.3) is 0 Å². The van der Waals surface area contributed by atoms with Crippen molar-refractivity contribution >= 4 is 44.7 Å². The maximum Gasteiger partial charge on any atom is 0.222 e. The van der Waals surface area contributed by atoms with Crippen LogP contribution >= 0.6 is 23.2 Å². The highest BCUT2D eigenvalue weighted by molar-refractivity contribution is 6.30. The predicted octanol–water partition coefficient (Wildman–Crippen LogP) is 8.45. The van der Waals surface area contributed by atoms with E-state index in [1.54, 1.807) is 51.1 Å². The quantitative estimate of drug-likeness (QED) is 0.0842. The topological polar surface area (TPSA) is 168 Å². The maximum atomic E-state index is 8.94. The van der Waals surface area contributed by atoms with Crippen molar-refractivity contribution in [2.75, 3.05) is 14.2 Å². The number of hydrogen-bond acceptors (Lipinski definition) is 8. The van der Waals surface area contributed by atoms with E-state index in [2.05, 4.69) is 40.0 Å². The Morgan fingerprint density at radius 1 is 0.690 bits per heavy atom. The van der Waals surface area contributed by atoms with Crippen molar-refractivity contribution in [1.29, 1.82) is 0 Å². The maximum absolute atomic E-state index is 8.94. The summed E-state index contributed by atoms with van der Waals surface area (Å²) in [6.07, 6.45) is 10.9. The van der Waals surface area contributed by atoms with Gasteiger partial charge in [-0.15, -0.1) is 0 Å². The Balaban J connectivity index is 0.000000168. The van der Waals surface area contributed by atoms with E-state index in [0.717, 1.165) is 58.4 Å². The van der Waals surface area contributed by atoms with Crippen LogP contribution in [0.25, 0.3) is 42.4 Å². The first-order chi connectivity index (χ1) is 20.2. The summed E-state index contributed by atoms with van der Waals surface area (Å²) in [5.74, 6) is 1.63. The van der Waals surface area contributed by atoms with E-state index >= 15 is 0 Å². The summed E-state index contributed by atoms with van der Waals surface area (Å²) < 4.78 is 10.5. The van der Waals surface area contributed by atoms with Gasteiger partial charge >= 0.3 is 0 Å². The first-order valence-electron chi connectivity index (χ1n) is 13.3. The second-order valence-corrected chi connectivity index (χ2v) is 11.5. The van der Waals surface area contributed by atoms with Gasteiger partial charge in [-0.2, -0.15) is 0 Å². The molecule has 2 saturated carbocycles. The molecule has 12 nitrogen and oxygen atoms in total. The number of methoxy groups -OCH3 is 2. The highest BCUT2D eigenvalue weighted by Crippen LogP contribution is 2.51. The lowest BCUT2D eigenvalue weighted by Crippen LogP contribution is -2.22. The summed E-state index contributed by atoms with van der Waals surface area (Å²) >= 11 is 12.1. The Bertz CT molecular complexity index is 1640. The van der Waals surface area contributed by atoms with Crippen LogP contribution in [0.5, 0.6) is 11.8 Å². The van der Waals surface area contributed by atoms with Gasteiger partial charge in [0.1, 0.15) is 10.3 Å². The van der Waals surface area contributed by atoms with Gasteiger partial charge in [-0.1, -0.05) is 33.4 Å². The number of pyridine rings is 4. The molecule has 0 bridgehead atoms. The molecule has 14 heteroatoms. The van der Waals surface area contributed by atoms with E-state index in [9.17, 15) is 0 Å². The molecule has 0 aromatic carbocycles. The summed E-state index contributed by atoms with van der Waals surface area (Å²) in [4.78, 5) is 22.9. The molecule has 0 amide bonds. The van der Waals surface area contributed by atoms with Crippen molar-refractivity contribution in [2.24, 2.45) is 22.1 Å². The number of azide groups is 2. The van der Waals surface area contributed by atoms with Crippen molar-refractivity contribution in [2.45, 2.75) is 50.6 Å². The van der Waals surface area contributed by atoms with Crippen LogP contribution in [0, 0.1) is 11.8 Å². The highest BCUT2D eigenvalue weighted by atomic mass is 35.5. The van der Waals surface area contributed by atoms with Crippen molar-refractivity contribution in [3.05, 3.63) is 79.2 Å². The minimum Gasteiger partial charge on any atom is -0.481 e. The predicted molar refractivity (Wildman–Crippen MR) is 161 cm³/mol. The van der Waals surface area contributed by atoms with Crippen LogP contribution in [0.4, 0.5) is 0 Å². The fourth-order valence-corrected chi connectivity index (χ4v) is 5.81. The molecule has 0 saturated heterocycles. The van der Waals surface area contributed by atoms with E-state index in [1.807, 2.05) is 13.8 Å². The van der Waals surface area contributed by atoms with E-state index < -0.39 is 11.1 Å². The second kappa shape index (κ2) is 11.7. The minimum atomic E-state index is -0.628. The molecular formula is C28H28Cl2N10O2. The zero-order chi connectivity index (χ0) is 30.1. The lowest BCUT2D eigenvalue weighted by molar-refractivity contribution is 0.398. The number of aromatic nitrogens is 4. The van der Waals surface area contributed by atoms with E-state index in [-0.39, 0.29) is 0 Å². The van der Waals surface area contributed by atoms with Crippen molar-refractivity contribution in [3.8, 4) is 11.8 Å². The summed E-state index contributed by atoms with van der Waals surface area (Å²) in [7, 11) is 3.12. The van der Waals surface area contributed by atoms with Crippen LogP contribution in [-0.2, 0) is 11.1 Å². The molecule has 0 spiro atoms. The second-order valence-electron chi connectivity index (χ2n) is 10.7. The van der Waals surface area contributed by atoms with Gasteiger partial charge in [-0.3, -0.25) is 0 Å². The Hall–Kier alpha value is -4.08. The molecule has 0 unspecified atom stereocenters. The SMILES string of the molecule is COc1ncc([C@@](C)(N=[N+]=[N-])C2CC2)c2cc(Cl)ncc12.COc1ncc([C@](C)(N=[N+]=[N-])C2CC2)c2cc(Cl)ncc12. The fraction of sp³-hybridized carbons (Fsp3) is 0.429. The summed E-state index contributed by atoms with van der Waals surface area (Å²) in [5, 5.41) is 12.1. The lowest BCUT2D eigenvalue weighted by atomic mass is 9.86. The van der Waals surface area contributed by atoms with E-state index in [1.165, 1.54) is 0 Å². The van der Waals surface area contributed by atoms with Gasteiger partial charge in [0.15, 0.2) is 0 Å². The smallest absolute Gasteiger partial charge is 0.222 e. The molecule has 2 aliphatic rings. The average molecular weight is 608 g/mol. The number of hydrogen-bond donors (Lipinski definition) is 0. The number of halogens is 2. The largest absolute Gasteiger partial charge is 0.481 e. The number of nitrogens with zero attached hydrogens (tertiary/aromatic N) is 10. The molecule has 4 heterocycles. The first-order valence-corrected chi connectivity index (χ1v) is 14.1. The lowest BCUT2D eigenvalue weighted by Gasteiger charge is -2.26. The number of fused-ring (bicyclic) bond motifs is 2.